The quantitative estimate of drug-likeness (QED) is 0.222. The zero-order valence-corrected chi connectivity index (χ0v) is 10.4. The molecule has 10 heteroatoms. The summed E-state index contributed by atoms with van der Waals surface area (Å²) in [6, 6.07) is 2.48. The van der Waals surface area contributed by atoms with Crippen molar-refractivity contribution in [2.45, 2.75) is 16.1 Å². The van der Waals surface area contributed by atoms with E-state index in [4.69, 9.17) is 20.2 Å². The molecule has 3 unspecified atom stereocenters. The Morgan fingerprint density at radius 1 is 1.33 bits per heavy atom. The zero-order chi connectivity index (χ0) is 13.9. The van der Waals surface area contributed by atoms with Gasteiger partial charge in [0.15, 0.2) is 22.2 Å². The Hall–Kier alpha value is -1.33. The molecule has 8 nitrogen and oxygen atoms in total. The second kappa shape index (κ2) is 6.02. The van der Waals surface area contributed by atoms with Crippen LogP contribution in [0.15, 0.2) is 28.0 Å². The number of amidine groups is 1. The fraction of sp³-hybridized carbons (Fsp3) is 0.125. The highest BCUT2D eigenvalue weighted by molar-refractivity contribution is 7.79. The van der Waals surface area contributed by atoms with Crippen molar-refractivity contribution in [3.63, 3.8) is 0 Å². The van der Waals surface area contributed by atoms with Crippen molar-refractivity contribution in [2.75, 3.05) is 0 Å². The third kappa shape index (κ3) is 3.58. The first-order chi connectivity index (χ1) is 8.32. The molecule has 0 heterocycles. The Bertz CT molecular complexity index is 520. The summed E-state index contributed by atoms with van der Waals surface area (Å²) in [5, 5.41) is 16.4. The van der Waals surface area contributed by atoms with Crippen LogP contribution in [0.2, 0.25) is 0 Å². The lowest BCUT2D eigenvalue weighted by atomic mass is 10.2. The first kappa shape index (κ1) is 14.7. The molecule has 0 aromatic heterocycles. The minimum atomic E-state index is -2.43. The summed E-state index contributed by atoms with van der Waals surface area (Å²) < 4.78 is 44.2. The summed E-state index contributed by atoms with van der Waals surface area (Å²) in [7, 11) is 0. The number of benzene rings is 1. The SMILES string of the molecule is N=C(N)OC(O)c1cc(S(=O)O)ccc1S(=O)O. The Morgan fingerprint density at radius 2 is 1.94 bits per heavy atom. The molecule has 1 rings (SSSR count). The van der Waals surface area contributed by atoms with Crippen LogP contribution < -0.4 is 5.73 Å². The number of aliphatic hydroxyl groups excluding tert-OH is 1. The summed E-state index contributed by atoms with van der Waals surface area (Å²) in [5.41, 5.74) is 4.69. The third-order valence-corrected chi connectivity index (χ3v) is 3.28. The Kier molecular flexibility index (Phi) is 4.93. The highest BCUT2D eigenvalue weighted by Gasteiger charge is 2.19. The summed E-state index contributed by atoms with van der Waals surface area (Å²) in [5.74, 6) is 0. The molecular formula is C8H10N2O6S2. The predicted molar refractivity (Wildman–Crippen MR) is 62.5 cm³/mol. The van der Waals surface area contributed by atoms with Gasteiger partial charge in [-0.25, -0.2) is 8.42 Å². The van der Waals surface area contributed by atoms with Crippen LogP contribution in [-0.2, 0) is 26.9 Å². The van der Waals surface area contributed by atoms with Gasteiger partial charge in [-0.2, -0.15) is 0 Å². The number of rotatable bonds is 4. The maximum atomic E-state index is 11.0. The monoisotopic (exact) mass is 294 g/mol. The van der Waals surface area contributed by atoms with E-state index in [9.17, 15) is 13.5 Å². The maximum absolute atomic E-state index is 11.0. The summed E-state index contributed by atoms with van der Waals surface area (Å²) in [4.78, 5) is -0.302. The van der Waals surface area contributed by atoms with E-state index in [-0.39, 0.29) is 15.4 Å². The lowest BCUT2D eigenvalue weighted by Gasteiger charge is -2.14. The molecule has 1 aromatic rings. The predicted octanol–water partition coefficient (Wildman–Crippen LogP) is -0.251. The lowest BCUT2D eigenvalue weighted by Crippen LogP contribution is -2.19. The van der Waals surface area contributed by atoms with Gasteiger partial charge in [-0.1, -0.05) is 0 Å². The Balaban J connectivity index is 3.26. The number of aliphatic hydroxyl groups is 1. The molecule has 0 aliphatic rings. The minimum absolute atomic E-state index is 0.0922. The molecule has 0 saturated carbocycles. The van der Waals surface area contributed by atoms with Gasteiger partial charge in [0.1, 0.15) is 0 Å². The average Bonchev–Trinajstić information content (AvgIpc) is 2.26. The largest absolute Gasteiger partial charge is 0.431 e. The van der Waals surface area contributed by atoms with E-state index >= 15 is 0 Å². The molecule has 0 radical (unpaired) electrons. The standard InChI is InChI=1S/C8H10N2O6S2/c9-8(10)16-7(11)5-3-4(17(12)13)1-2-6(5)18(14)15/h1-3,7,11H,(H3,9,10)(H,12,13)(H,14,15). The van der Waals surface area contributed by atoms with Gasteiger partial charge in [0.2, 0.25) is 6.29 Å². The molecule has 0 saturated heterocycles. The molecule has 0 aliphatic carbocycles. The van der Waals surface area contributed by atoms with Gasteiger partial charge in [0.25, 0.3) is 6.02 Å². The van der Waals surface area contributed by atoms with Gasteiger partial charge in [0.05, 0.1) is 9.79 Å². The van der Waals surface area contributed by atoms with E-state index in [2.05, 4.69) is 4.74 Å². The first-order valence-corrected chi connectivity index (χ1v) is 6.58. The van der Waals surface area contributed by atoms with Crippen molar-refractivity contribution < 1.29 is 27.4 Å². The van der Waals surface area contributed by atoms with Crippen LogP contribution in [0.1, 0.15) is 11.9 Å². The van der Waals surface area contributed by atoms with E-state index in [0.29, 0.717) is 0 Å². The van der Waals surface area contributed by atoms with Crippen molar-refractivity contribution in [1.29, 1.82) is 5.41 Å². The molecule has 0 amide bonds. The molecule has 0 bridgehead atoms. The summed E-state index contributed by atoms with van der Waals surface area (Å²) in [6.45, 7) is 0. The smallest absolute Gasteiger partial charge is 0.281 e. The molecule has 0 fully saturated rings. The third-order valence-electron chi connectivity index (χ3n) is 1.88. The van der Waals surface area contributed by atoms with E-state index in [0.717, 1.165) is 18.2 Å². The summed E-state index contributed by atoms with van der Waals surface area (Å²) in [6.07, 6.45) is -1.78. The number of hydrogen-bond donors (Lipinski definition) is 5. The zero-order valence-electron chi connectivity index (χ0n) is 8.77. The van der Waals surface area contributed by atoms with E-state index in [1.807, 2.05) is 0 Å². The van der Waals surface area contributed by atoms with Crippen molar-refractivity contribution in [1.82, 2.24) is 0 Å². The van der Waals surface area contributed by atoms with E-state index in [1.165, 1.54) is 0 Å². The minimum Gasteiger partial charge on any atom is -0.431 e. The van der Waals surface area contributed by atoms with Gasteiger partial charge in [-0.3, -0.25) is 5.41 Å². The lowest BCUT2D eigenvalue weighted by molar-refractivity contribution is -0.0343. The van der Waals surface area contributed by atoms with Crippen molar-refractivity contribution in [3.8, 4) is 0 Å². The fourth-order valence-corrected chi connectivity index (χ4v) is 2.13. The fourth-order valence-electron chi connectivity index (χ4n) is 1.17. The molecule has 18 heavy (non-hydrogen) atoms. The Morgan fingerprint density at radius 3 is 2.39 bits per heavy atom. The second-order valence-corrected chi connectivity index (χ2v) is 4.94. The van der Waals surface area contributed by atoms with Crippen LogP contribution in [0.4, 0.5) is 0 Å². The number of nitrogens with two attached hydrogens (primary N) is 1. The molecule has 3 atom stereocenters. The molecular weight excluding hydrogens is 284 g/mol. The molecule has 6 N–H and O–H groups in total. The van der Waals surface area contributed by atoms with Gasteiger partial charge in [-0.05, 0) is 18.2 Å². The van der Waals surface area contributed by atoms with E-state index < -0.39 is 34.5 Å². The van der Waals surface area contributed by atoms with Gasteiger partial charge >= 0.3 is 0 Å². The normalized spacial score (nSPS) is 15.7. The van der Waals surface area contributed by atoms with Crippen molar-refractivity contribution in [2.24, 2.45) is 5.73 Å². The highest BCUT2D eigenvalue weighted by Crippen LogP contribution is 2.24. The first-order valence-electron chi connectivity index (χ1n) is 4.37. The van der Waals surface area contributed by atoms with Gasteiger partial charge in [-0.15, -0.1) is 0 Å². The molecule has 1 aromatic carbocycles. The number of hydrogen-bond acceptors (Lipinski definition) is 5. The van der Waals surface area contributed by atoms with Crippen LogP contribution >= 0.6 is 0 Å². The van der Waals surface area contributed by atoms with Crippen LogP contribution in [-0.4, -0.2) is 28.7 Å². The Labute approximate surface area is 107 Å². The number of ether oxygens (including phenoxy) is 1. The maximum Gasteiger partial charge on any atom is 0.281 e. The van der Waals surface area contributed by atoms with Crippen LogP contribution in [0, 0.1) is 5.41 Å². The van der Waals surface area contributed by atoms with Crippen molar-refractivity contribution in [3.05, 3.63) is 23.8 Å². The van der Waals surface area contributed by atoms with Crippen LogP contribution in [0.3, 0.4) is 0 Å². The molecule has 0 spiro atoms. The van der Waals surface area contributed by atoms with Crippen molar-refractivity contribution >= 4 is 28.2 Å². The summed E-state index contributed by atoms with van der Waals surface area (Å²) >= 11 is -4.75. The topological polar surface area (TPSA) is 154 Å². The molecule has 0 aliphatic heterocycles. The van der Waals surface area contributed by atoms with Gasteiger partial charge < -0.3 is 24.7 Å². The highest BCUT2D eigenvalue weighted by atomic mass is 32.2. The van der Waals surface area contributed by atoms with Crippen LogP contribution in [0.25, 0.3) is 0 Å². The van der Waals surface area contributed by atoms with E-state index in [1.54, 1.807) is 0 Å². The average molecular weight is 294 g/mol. The van der Waals surface area contributed by atoms with Crippen LogP contribution in [0.5, 0.6) is 0 Å². The second-order valence-electron chi connectivity index (χ2n) is 3.03. The number of nitrogens with one attached hydrogen (secondary N) is 1. The van der Waals surface area contributed by atoms with Gasteiger partial charge in [0, 0.05) is 5.56 Å². The molecule has 100 valence electrons.